The highest BCUT2D eigenvalue weighted by atomic mass is 16.1. The molecule has 0 radical (unpaired) electrons. The van der Waals surface area contributed by atoms with E-state index in [0.717, 1.165) is 11.1 Å². The van der Waals surface area contributed by atoms with E-state index in [2.05, 4.69) is 10.3 Å². The lowest BCUT2D eigenvalue weighted by Crippen LogP contribution is -2.28. The van der Waals surface area contributed by atoms with Gasteiger partial charge in [-0.2, -0.15) is 0 Å². The number of nitrogens with zero attached hydrogens (tertiary/aromatic N) is 1. The van der Waals surface area contributed by atoms with Gasteiger partial charge in [-0.15, -0.1) is 0 Å². The maximum atomic E-state index is 11.9. The van der Waals surface area contributed by atoms with E-state index in [0.29, 0.717) is 6.42 Å². The number of hydrogen-bond donors (Lipinski definition) is 1. The SMILES string of the molecule is CC(NC(=O)Cc1cccnc1)c1ccccc1. The molecule has 1 N–H and O–H groups in total. The predicted molar refractivity (Wildman–Crippen MR) is 70.9 cm³/mol. The topological polar surface area (TPSA) is 42.0 Å². The number of aromatic nitrogens is 1. The standard InChI is InChI=1S/C15H16N2O/c1-12(14-7-3-2-4-8-14)17-15(18)10-13-6-5-9-16-11-13/h2-9,11-12H,10H2,1H3,(H,17,18). The number of rotatable bonds is 4. The van der Waals surface area contributed by atoms with Crippen LogP contribution in [0.5, 0.6) is 0 Å². The molecule has 1 aromatic heterocycles. The largest absolute Gasteiger partial charge is 0.349 e. The molecule has 2 aromatic rings. The number of hydrogen-bond acceptors (Lipinski definition) is 2. The first kappa shape index (κ1) is 12.3. The first-order valence-corrected chi connectivity index (χ1v) is 5.99. The number of amides is 1. The van der Waals surface area contributed by atoms with Gasteiger partial charge < -0.3 is 5.32 Å². The van der Waals surface area contributed by atoms with Gasteiger partial charge in [0.1, 0.15) is 0 Å². The first-order chi connectivity index (χ1) is 8.75. The normalized spacial score (nSPS) is 11.8. The van der Waals surface area contributed by atoms with Crippen molar-refractivity contribution in [3.8, 4) is 0 Å². The molecule has 0 saturated carbocycles. The summed E-state index contributed by atoms with van der Waals surface area (Å²) in [6.07, 6.45) is 3.78. The molecule has 1 amide bonds. The van der Waals surface area contributed by atoms with Gasteiger partial charge in [-0.25, -0.2) is 0 Å². The van der Waals surface area contributed by atoms with Gasteiger partial charge in [0.15, 0.2) is 0 Å². The molecule has 0 saturated heterocycles. The van der Waals surface area contributed by atoms with Gasteiger partial charge >= 0.3 is 0 Å². The van der Waals surface area contributed by atoms with Crippen molar-refractivity contribution in [2.75, 3.05) is 0 Å². The van der Waals surface area contributed by atoms with E-state index in [9.17, 15) is 4.79 Å². The van der Waals surface area contributed by atoms with Crippen LogP contribution in [0.1, 0.15) is 24.1 Å². The molecule has 1 atom stereocenters. The van der Waals surface area contributed by atoms with Crippen LogP contribution >= 0.6 is 0 Å². The number of benzene rings is 1. The minimum absolute atomic E-state index is 0.0133. The summed E-state index contributed by atoms with van der Waals surface area (Å²) in [6, 6.07) is 13.7. The van der Waals surface area contributed by atoms with Gasteiger partial charge in [0.05, 0.1) is 12.5 Å². The Hall–Kier alpha value is -2.16. The van der Waals surface area contributed by atoms with Crippen LogP contribution in [0.2, 0.25) is 0 Å². The molecule has 18 heavy (non-hydrogen) atoms. The van der Waals surface area contributed by atoms with Crippen LogP contribution in [-0.4, -0.2) is 10.9 Å². The highest BCUT2D eigenvalue weighted by Crippen LogP contribution is 2.11. The lowest BCUT2D eigenvalue weighted by Gasteiger charge is -2.14. The minimum atomic E-state index is 0.0133. The zero-order valence-corrected chi connectivity index (χ0v) is 10.3. The average molecular weight is 240 g/mol. The van der Waals surface area contributed by atoms with Crippen LogP contribution in [0, 0.1) is 0 Å². The van der Waals surface area contributed by atoms with E-state index in [-0.39, 0.29) is 11.9 Å². The van der Waals surface area contributed by atoms with Crippen molar-refractivity contribution in [2.24, 2.45) is 0 Å². The molecule has 0 fully saturated rings. The Balaban J connectivity index is 1.92. The molecule has 3 heteroatoms. The van der Waals surface area contributed by atoms with Gasteiger partial charge in [-0.1, -0.05) is 36.4 Å². The van der Waals surface area contributed by atoms with Crippen molar-refractivity contribution in [3.63, 3.8) is 0 Å². The van der Waals surface area contributed by atoms with Crippen molar-refractivity contribution in [1.29, 1.82) is 0 Å². The molecule has 0 spiro atoms. The van der Waals surface area contributed by atoms with Gasteiger partial charge in [0, 0.05) is 12.4 Å². The van der Waals surface area contributed by atoms with E-state index >= 15 is 0 Å². The molecule has 1 unspecified atom stereocenters. The number of nitrogens with one attached hydrogen (secondary N) is 1. The van der Waals surface area contributed by atoms with Gasteiger partial charge in [0.25, 0.3) is 0 Å². The Bertz CT molecular complexity index is 496. The Morgan fingerprint density at radius 3 is 2.67 bits per heavy atom. The highest BCUT2D eigenvalue weighted by Gasteiger charge is 2.09. The molecular formula is C15H16N2O. The van der Waals surface area contributed by atoms with Crippen LogP contribution in [0.15, 0.2) is 54.9 Å². The quantitative estimate of drug-likeness (QED) is 0.892. The molecule has 0 bridgehead atoms. The third-order valence-electron chi connectivity index (χ3n) is 2.76. The molecule has 92 valence electrons. The Kier molecular flexibility index (Phi) is 4.07. The summed E-state index contributed by atoms with van der Waals surface area (Å²) < 4.78 is 0. The molecule has 1 aromatic carbocycles. The zero-order valence-electron chi connectivity index (χ0n) is 10.3. The fourth-order valence-corrected chi connectivity index (χ4v) is 1.81. The monoisotopic (exact) mass is 240 g/mol. The van der Waals surface area contributed by atoms with Crippen molar-refractivity contribution in [1.82, 2.24) is 10.3 Å². The van der Waals surface area contributed by atoms with E-state index in [1.165, 1.54) is 0 Å². The van der Waals surface area contributed by atoms with E-state index < -0.39 is 0 Å². The number of pyridine rings is 1. The van der Waals surface area contributed by atoms with Crippen LogP contribution in [0.3, 0.4) is 0 Å². The molecule has 0 aliphatic heterocycles. The maximum Gasteiger partial charge on any atom is 0.224 e. The summed E-state index contributed by atoms with van der Waals surface area (Å²) >= 11 is 0. The Labute approximate surface area is 107 Å². The van der Waals surface area contributed by atoms with E-state index in [1.807, 2.05) is 49.4 Å². The van der Waals surface area contributed by atoms with Crippen molar-refractivity contribution < 1.29 is 4.79 Å². The second-order valence-corrected chi connectivity index (χ2v) is 4.24. The fourth-order valence-electron chi connectivity index (χ4n) is 1.81. The predicted octanol–water partition coefficient (Wildman–Crippen LogP) is 2.50. The van der Waals surface area contributed by atoms with Crippen LogP contribution in [0.4, 0.5) is 0 Å². The smallest absolute Gasteiger partial charge is 0.224 e. The molecule has 2 rings (SSSR count). The van der Waals surface area contributed by atoms with Crippen molar-refractivity contribution >= 4 is 5.91 Å². The third kappa shape index (κ3) is 3.42. The summed E-state index contributed by atoms with van der Waals surface area (Å²) in [6.45, 7) is 1.98. The third-order valence-corrected chi connectivity index (χ3v) is 2.76. The van der Waals surface area contributed by atoms with Gasteiger partial charge in [-0.3, -0.25) is 9.78 Å². The molecule has 3 nitrogen and oxygen atoms in total. The van der Waals surface area contributed by atoms with Crippen LogP contribution in [-0.2, 0) is 11.2 Å². The van der Waals surface area contributed by atoms with Gasteiger partial charge in [0.2, 0.25) is 5.91 Å². The summed E-state index contributed by atoms with van der Waals surface area (Å²) in [4.78, 5) is 15.9. The maximum absolute atomic E-state index is 11.9. The lowest BCUT2D eigenvalue weighted by atomic mass is 10.1. The van der Waals surface area contributed by atoms with Gasteiger partial charge in [-0.05, 0) is 24.1 Å². The second-order valence-electron chi connectivity index (χ2n) is 4.24. The van der Waals surface area contributed by atoms with E-state index in [1.54, 1.807) is 12.4 Å². The summed E-state index contributed by atoms with van der Waals surface area (Å²) in [5.74, 6) is 0.0133. The Morgan fingerprint density at radius 1 is 1.22 bits per heavy atom. The summed E-state index contributed by atoms with van der Waals surface area (Å²) in [7, 11) is 0. The molecule has 1 heterocycles. The first-order valence-electron chi connectivity index (χ1n) is 5.99. The minimum Gasteiger partial charge on any atom is -0.349 e. The molecule has 0 aliphatic rings. The summed E-state index contributed by atoms with van der Waals surface area (Å²) in [5, 5.41) is 2.98. The number of carbonyl (C=O) groups excluding carboxylic acids is 1. The average Bonchev–Trinajstić information content (AvgIpc) is 2.40. The molecule has 0 aliphatic carbocycles. The van der Waals surface area contributed by atoms with Crippen molar-refractivity contribution in [2.45, 2.75) is 19.4 Å². The number of carbonyl (C=O) groups is 1. The Morgan fingerprint density at radius 2 is 2.00 bits per heavy atom. The molecular weight excluding hydrogens is 224 g/mol. The van der Waals surface area contributed by atoms with Crippen LogP contribution in [0.25, 0.3) is 0 Å². The van der Waals surface area contributed by atoms with E-state index in [4.69, 9.17) is 0 Å². The van der Waals surface area contributed by atoms with Crippen LogP contribution < -0.4 is 5.32 Å². The summed E-state index contributed by atoms with van der Waals surface area (Å²) in [5.41, 5.74) is 2.03. The second kappa shape index (κ2) is 5.96. The zero-order chi connectivity index (χ0) is 12.8. The van der Waals surface area contributed by atoms with Crippen molar-refractivity contribution in [3.05, 3.63) is 66.0 Å². The fraction of sp³-hybridized carbons (Fsp3) is 0.200. The lowest BCUT2D eigenvalue weighted by molar-refractivity contribution is -0.121. The highest BCUT2D eigenvalue weighted by molar-refractivity contribution is 5.78.